The molecular formula is C24H15ClN6O4S2. The number of thiazole rings is 1. The summed E-state index contributed by atoms with van der Waals surface area (Å²) in [4.78, 5) is 44.0. The Morgan fingerprint density at radius 3 is 2.76 bits per heavy atom. The minimum atomic E-state index is -0.650. The van der Waals surface area contributed by atoms with Gasteiger partial charge in [-0.1, -0.05) is 11.6 Å². The maximum absolute atomic E-state index is 13.2. The molecule has 0 atom stereocenters. The number of carbonyl (C=O) groups is 2. The van der Waals surface area contributed by atoms with Gasteiger partial charge in [0.25, 0.3) is 11.5 Å². The van der Waals surface area contributed by atoms with Gasteiger partial charge in [-0.25, -0.2) is 4.98 Å². The molecule has 5 aromatic heterocycles. The van der Waals surface area contributed by atoms with Crippen molar-refractivity contribution < 1.29 is 14.0 Å². The van der Waals surface area contributed by atoms with Crippen LogP contribution in [0, 0.1) is 11.3 Å². The van der Waals surface area contributed by atoms with E-state index in [4.69, 9.17) is 16.0 Å². The van der Waals surface area contributed by atoms with Crippen molar-refractivity contribution in [3.63, 3.8) is 0 Å². The number of hydrogen-bond donors (Lipinski definition) is 1. The fourth-order valence-corrected chi connectivity index (χ4v) is 5.13. The molecule has 5 aromatic rings. The summed E-state index contributed by atoms with van der Waals surface area (Å²) in [5, 5.41) is 18.9. The first-order valence-electron chi connectivity index (χ1n) is 10.7. The molecule has 0 fully saturated rings. The summed E-state index contributed by atoms with van der Waals surface area (Å²) in [5.41, 5.74) is 0.000795. The summed E-state index contributed by atoms with van der Waals surface area (Å²) in [6.45, 7) is 0.0140. The Hall–Kier alpha value is -4.31. The summed E-state index contributed by atoms with van der Waals surface area (Å²) in [6, 6.07) is 11.5. The zero-order chi connectivity index (χ0) is 25.9. The lowest BCUT2D eigenvalue weighted by atomic mass is 10.2. The first-order valence-corrected chi connectivity index (χ1v) is 12.7. The number of aromatic nitrogens is 4. The van der Waals surface area contributed by atoms with Gasteiger partial charge in [-0.2, -0.15) is 15.0 Å². The minimum absolute atomic E-state index is 0.127. The Morgan fingerprint density at radius 2 is 2.08 bits per heavy atom. The van der Waals surface area contributed by atoms with Crippen molar-refractivity contribution in [3.8, 4) is 17.5 Å². The molecule has 0 bridgehead atoms. The number of rotatable bonds is 8. The van der Waals surface area contributed by atoms with Crippen LogP contribution in [0.1, 0.15) is 30.6 Å². The number of Topliss-reactive ketones (excluding diaryl/α,β-unsaturated/α-hetero) is 1. The van der Waals surface area contributed by atoms with Crippen molar-refractivity contribution >= 4 is 51.8 Å². The third-order valence-corrected chi connectivity index (χ3v) is 7.32. The highest BCUT2D eigenvalue weighted by Gasteiger charge is 2.22. The number of pyridine rings is 1. The molecule has 5 heterocycles. The van der Waals surface area contributed by atoms with E-state index in [-0.39, 0.29) is 34.1 Å². The van der Waals surface area contributed by atoms with E-state index in [9.17, 15) is 19.6 Å². The van der Waals surface area contributed by atoms with Crippen LogP contribution in [0.2, 0.25) is 4.34 Å². The lowest BCUT2D eigenvalue weighted by Crippen LogP contribution is -2.27. The van der Waals surface area contributed by atoms with Gasteiger partial charge in [-0.15, -0.1) is 22.7 Å². The van der Waals surface area contributed by atoms with Gasteiger partial charge in [-0.3, -0.25) is 19.0 Å². The van der Waals surface area contributed by atoms with E-state index >= 15 is 0 Å². The lowest BCUT2D eigenvalue weighted by Gasteiger charge is -2.10. The number of anilines is 1. The van der Waals surface area contributed by atoms with Crippen molar-refractivity contribution in [2.24, 2.45) is 0 Å². The van der Waals surface area contributed by atoms with E-state index in [1.807, 2.05) is 12.1 Å². The number of halogens is 1. The fourth-order valence-electron chi connectivity index (χ4n) is 3.54. The van der Waals surface area contributed by atoms with Crippen LogP contribution in [0.4, 0.5) is 5.82 Å². The number of nitrogens with zero attached hydrogens (tertiary/aromatic N) is 5. The molecule has 10 nitrogen and oxygen atoms in total. The first-order chi connectivity index (χ1) is 17.9. The molecule has 1 N–H and O–H groups in total. The predicted molar refractivity (Wildman–Crippen MR) is 138 cm³/mol. The number of carbonyl (C=O) groups excluding carboxylic acids is 2. The van der Waals surface area contributed by atoms with Crippen LogP contribution < -0.4 is 10.9 Å². The smallest absolute Gasteiger partial charge is 0.283 e. The van der Waals surface area contributed by atoms with Crippen molar-refractivity contribution in [2.75, 3.05) is 5.32 Å². The second-order valence-corrected chi connectivity index (χ2v) is 10.3. The lowest BCUT2D eigenvalue weighted by molar-refractivity contribution is 0.0944. The molecule has 13 heteroatoms. The van der Waals surface area contributed by atoms with E-state index in [2.05, 4.69) is 15.4 Å². The molecule has 0 saturated carbocycles. The molecule has 0 aliphatic carbocycles. The Morgan fingerprint density at radius 1 is 1.22 bits per heavy atom. The minimum Gasteiger partial charge on any atom is -0.472 e. The number of nitriles is 1. The second kappa shape index (κ2) is 10.4. The number of hydrogen-bond acceptors (Lipinski definition) is 10. The molecule has 0 saturated heterocycles. The van der Waals surface area contributed by atoms with E-state index < -0.39 is 17.2 Å². The van der Waals surface area contributed by atoms with Gasteiger partial charge >= 0.3 is 0 Å². The first kappa shape index (κ1) is 24.4. The van der Waals surface area contributed by atoms with Crippen molar-refractivity contribution in [2.45, 2.75) is 13.1 Å². The zero-order valence-electron chi connectivity index (χ0n) is 18.8. The van der Waals surface area contributed by atoms with Crippen molar-refractivity contribution in [1.82, 2.24) is 19.3 Å². The van der Waals surface area contributed by atoms with Gasteiger partial charge < -0.3 is 9.73 Å². The second-order valence-electron chi connectivity index (χ2n) is 7.60. The van der Waals surface area contributed by atoms with Crippen LogP contribution in [0.3, 0.4) is 0 Å². The largest absolute Gasteiger partial charge is 0.472 e. The van der Waals surface area contributed by atoms with Crippen LogP contribution in [0.25, 0.3) is 11.4 Å². The molecule has 0 radical (unpaired) electrons. The summed E-state index contributed by atoms with van der Waals surface area (Å²) in [6.07, 6.45) is 4.17. The number of ketones is 1. The summed E-state index contributed by atoms with van der Waals surface area (Å²) >= 11 is 8.57. The molecule has 184 valence electrons. The molecule has 0 aliphatic rings. The molecule has 0 amide bonds. The summed E-state index contributed by atoms with van der Waals surface area (Å²) in [7, 11) is 0. The maximum Gasteiger partial charge on any atom is 0.283 e. The topological polar surface area (TPSA) is 136 Å². The standard InChI is InChI=1S/C24H15ClN6O4S2/c25-20-4-2-16(37-20)11-28-21-9-17(29-31(21)24(34)15-5-7-35-13-15)18-3-1-14(10-26)23(33)30(18)12-19(32)22-27-6-8-36-22/h1-9,13,28H,11-12H2. The van der Waals surface area contributed by atoms with E-state index in [0.717, 1.165) is 20.9 Å². The molecule has 0 unspecified atom stereocenters. The molecule has 37 heavy (non-hydrogen) atoms. The van der Waals surface area contributed by atoms with Gasteiger partial charge in [0, 0.05) is 22.5 Å². The summed E-state index contributed by atoms with van der Waals surface area (Å²) in [5.74, 6) is -0.510. The van der Waals surface area contributed by atoms with Crippen LogP contribution in [0.15, 0.2) is 69.7 Å². The molecule has 0 aliphatic heterocycles. The van der Waals surface area contributed by atoms with Gasteiger partial charge in [0.1, 0.15) is 29.4 Å². The molecule has 0 aromatic carbocycles. The van der Waals surface area contributed by atoms with E-state index in [0.29, 0.717) is 16.7 Å². The van der Waals surface area contributed by atoms with E-state index in [1.165, 1.54) is 52.8 Å². The third-order valence-electron chi connectivity index (χ3n) is 5.27. The van der Waals surface area contributed by atoms with Gasteiger partial charge in [0.2, 0.25) is 5.78 Å². The number of nitrogens with one attached hydrogen (secondary N) is 1. The quantitative estimate of drug-likeness (QED) is 0.278. The van der Waals surface area contributed by atoms with Crippen LogP contribution >= 0.6 is 34.3 Å². The van der Waals surface area contributed by atoms with Gasteiger partial charge in [-0.05, 0) is 30.3 Å². The van der Waals surface area contributed by atoms with E-state index in [1.54, 1.807) is 17.5 Å². The zero-order valence-corrected chi connectivity index (χ0v) is 21.1. The van der Waals surface area contributed by atoms with Crippen LogP contribution in [-0.4, -0.2) is 31.0 Å². The Kier molecular flexibility index (Phi) is 6.82. The SMILES string of the molecule is N#Cc1ccc(-c2cc(NCc3ccc(Cl)s3)n(C(=O)c3ccoc3)n2)n(CC(=O)c2nccs2)c1=O. The molecular weight excluding hydrogens is 536 g/mol. The number of thiophene rings is 1. The van der Waals surface area contributed by atoms with Crippen molar-refractivity contribution in [3.05, 3.63) is 96.2 Å². The third kappa shape index (κ3) is 5.01. The highest BCUT2D eigenvalue weighted by molar-refractivity contribution is 7.16. The Balaban J connectivity index is 1.58. The Bertz CT molecular complexity index is 1690. The average Bonchev–Trinajstić information content (AvgIpc) is 3.71. The highest BCUT2D eigenvalue weighted by Crippen LogP contribution is 2.26. The van der Waals surface area contributed by atoms with Gasteiger partial charge in [0.05, 0.1) is 34.9 Å². The van der Waals surface area contributed by atoms with Crippen LogP contribution in [-0.2, 0) is 13.1 Å². The molecule has 0 spiro atoms. The normalized spacial score (nSPS) is 10.8. The summed E-state index contributed by atoms with van der Waals surface area (Å²) < 4.78 is 8.00. The van der Waals surface area contributed by atoms with Gasteiger partial charge in [0.15, 0.2) is 5.01 Å². The average molecular weight is 551 g/mol. The predicted octanol–water partition coefficient (Wildman–Crippen LogP) is 4.53. The highest BCUT2D eigenvalue weighted by atomic mass is 35.5. The van der Waals surface area contributed by atoms with Crippen molar-refractivity contribution in [1.29, 1.82) is 5.26 Å². The number of furan rings is 1. The molecule has 5 rings (SSSR count). The van der Waals surface area contributed by atoms with Crippen LogP contribution in [0.5, 0.6) is 0 Å². The maximum atomic E-state index is 13.2. The Labute approximate surface area is 222 Å². The fraction of sp³-hybridized carbons (Fsp3) is 0.0833. The monoisotopic (exact) mass is 550 g/mol.